The predicted octanol–water partition coefficient (Wildman–Crippen LogP) is 6.91. The second-order valence-electron chi connectivity index (χ2n) is 10.2. The number of aliphatic hydroxyl groups excluding tert-OH is 1. The molecule has 216 valence electrons. The minimum atomic E-state index is -0.678. The molecule has 3 rings (SSSR count). The molecule has 0 aliphatic rings. The summed E-state index contributed by atoms with van der Waals surface area (Å²) in [5.74, 6) is -1.70. The van der Waals surface area contributed by atoms with Crippen molar-refractivity contribution in [1.82, 2.24) is 0 Å². The molecule has 41 heavy (non-hydrogen) atoms. The zero-order chi connectivity index (χ0) is 29.9. The molecule has 0 aromatic heterocycles. The summed E-state index contributed by atoms with van der Waals surface area (Å²) in [5.41, 5.74) is 6.47. The van der Waals surface area contributed by atoms with E-state index in [1.54, 1.807) is 13.0 Å². The quantitative estimate of drug-likeness (QED) is 0.101. The Labute approximate surface area is 242 Å². The van der Waals surface area contributed by atoms with E-state index in [1.165, 1.54) is 6.92 Å². The Kier molecular flexibility index (Phi) is 11.6. The fourth-order valence-corrected chi connectivity index (χ4v) is 4.48. The van der Waals surface area contributed by atoms with E-state index in [4.69, 9.17) is 9.47 Å². The zero-order valence-corrected chi connectivity index (χ0v) is 24.2. The molecule has 0 aliphatic heterocycles. The first-order chi connectivity index (χ1) is 19.6. The average Bonchev–Trinajstić information content (AvgIpc) is 2.96. The van der Waals surface area contributed by atoms with Gasteiger partial charge in [0.1, 0.15) is 0 Å². The van der Waals surface area contributed by atoms with E-state index >= 15 is 4.39 Å². The molecule has 0 spiro atoms. The van der Waals surface area contributed by atoms with Gasteiger partial charge in [0.2, 0.25) is 0 Å². The Morgan fingerprint density at radius 1 is 0.780 bits per heavy atom. The molecule has 0 radical (unpaired) electrons. The molecule has 0 heterocycles. The van der Waals surface area contributed by atoms with Gasteiger partial charge in [0.15, 0.2) is 11.6 Å². The van der Waals surface area contributed by atoms with Gasteiger partial charge in [-0.05, 0) is 85.8 Å². The number of aliphatic hydroxyl groups is 1. The third-order valence-corrected chi connectivity index (χ3v) is 6.86. The van der Waals surface area contributed by atoms with Crippen LogP contribution in [0, 0.1) is 5.82 Å². The highest BCUT2D eigenvalue weighted by Crippen LogP contribution is 2.37. The third-order valence-electron chi connectivity index (χ3n) is 6.86. The lowest BCUT2D eigenvalue weighted by molar-refractivity contribution is -0.139. The number of esters is 2. The summed E-state index contributed by atoms with van der Waals surface area (Å²) in [4.78, 5) is 24.0. The number of hydrogen-bond donors (Lipinski definition) is 1. The first kappa shape index (κ1) is 31.5. The molecule has 0 atom stereocenters. The molecule has 0 unspecified atom stereocenters. The number of hydrogen-bond acceptors (Lipinski definition) is 5. The van der Waals surface area contributed by atoms with Gasteiger partial charge in [-0.25, -0.2) is 14.0 Å². The molecule has 3 aromatic rings. The minimum Gasteiger partial charge on any atom is -0.462 e. The molecule has 0 aliphatic carbocycles. The summed E-state index contributed by atoms with van der Waals surface area (Å²) in [5, 5.41) is 9.32. The lowest BCUT2D eigenvalue weighted by Crippen LogP contribution is -2.12. The Morgan fingerprint density at radius 2 is 1.39 bits per heavy atom. The van der Waals surface area contributed by atoms with Crippen LogP contribution in [0.3, 0.4) is 0 Å². The number of carbonyl (C=O) groups is 2. The molecule has 3 aromatic carbocycles. The number of carbonyl (C=O) groups excluding carboxylic acids is 2. The van der Waals surface area contributed by atoms with Crippen LogP contribution >= 0.6 is 0 Å². The highest BCUT2D eigenvalue weighted by molar-refractivity contribution is 5.90. The van der Waals surface area contributed by atoms with Crippen LogP contribution in [0.5, 0.6) is 5.75 Å². The van der Waals surface area contributed by atoms with Crippen molar-refractivity contribution in [1.29, 1.82) is 0 Å². The molecule has 1 N–H and O–H groups in total. The second-order valence-corrected chi connectivity index (χ2v) is 10.2. The molecule has 0 saturated carbocycles. The lowest BCUT2D eigenvalue weighted by Gasteiger charge is -2.17. The van der Waals surface area contributed by atoms with Crippen LogP contribution in [-0.4, -0.2) is 30.3 Å². The molecule has 0 saturated heterocycles. The fraction of sp³-hybridized carbons (Fsp3) is 0.314. The number of ether oxygens (including phenoxy) is 2. The normalized spacial score (nSPS) is 10.8. The van der Waals surface area contributed by atoms with Gasteiger partial charge in [-0.3, -0.25) is 0 Å². The Bertz CT molecular complexity index is 1400. The van der Waals surface area contributed by atoms with Gasteiger partial charge in [0.25, 0.3) is 0 Å². The summed E-state index contributed by atoms with van der Waals surface area (Å²) >= 11 is 0. The molecular formula is C35H39FO5. The minimum absolute atomic E-state index is 0.0446. The molecule has 0 amide bonds. The number of halogens is 1. The van der Waals surface area contributed by atoms with E-state index in [-0.39, 0.29) is 23.9 Å². The van der Waals surface area contributed by atoms with E-state index in [2.05, 4.69) is 13.2 Å². The standard InChI is InChI=1S/C35H39FO5/c1-6-28-22-27(19-20-37)14-17-30(28)31-18-16-29(32(36)33(31)41-35(39)24(4)5)15-13-26-11-9-25(10-12-26)8-7-21-40-34(38)23(2)3/h9-12,14,16-18,22,37H,2,4,6-8,13,15,19-21H2,1,3,5H3. The van der Waals surface area contributed by atoms with Gasteiger partial charge in [0.05, 0.1) is 6.61 Å². The first-order valence-corrected chi connectivity index (χ1v) is 14.0. The predicted molar refractivity (Wildman–Crippen MR) is 160 cm³/mol. The van der Waals surface area contributed by atoms with Gasteiger partial charge >= 0.3 is 11.9 Å². The summed E-state index contributed by atoms with van der Waals surface area (Å²) in [6.07, 6.45) is 3.75. The van der Waals surface area contributed by atoms with Crippen molar-refractivity contribution in [3.8, 4) is 16.9 Å². The zero-order valence-electron chi connectivity index (χ0n) is 24.2. The van der Waals surface area contributed by atoms with Gasteiger partial charge in [-0.15, -0.1) is 0 Å². The summed E-state index contributed by atoms with van der Waals surface area (Å²) < 4.78 is 26.6. The Morgan fingerprint density at radius 3 is 2.00 bits per heavy atom. The molecule has 5 nitrogen and oxygen atoms in total. The van der Waals surface area contributed by atoms with Gasteiger partial charge in [0, 0.05) is 23.3 Å². The van der Waals surface area contributed by atoms with Crippen LogP contribution in [0.1, 0.15) is 55.0 Å². The molecule has 6 heteroatoms. The lowest BCUT2D eigenvalue weighted by atomic mass is 9.92. The van der Waals surface area contributed by atoms with Crippen LogP contribution in [0.4, 0.5) is 4.39 Å². The number of rotatable bonds is 14. The maximum atomic E-state index is 15.9. The van der Waals surface area contributed by atoms with Gasteiger partial charge in [-0.2, -0.15) is 0 Å². The van der Waals surface area contributed by atoms with E-state index < -0.39 is 11.8 Å². The van der Waals surface area contributed by atoms with Gasteiger partial charge < -0.3 is 14.6 Å². The monoisotopic (exact) mass is 558 g/mol. The van der Waals surface area contributed by atoms with E-state index in [0.29, 0.717) is 55.4 Å². The fourth-order valence-electron chi connectivity index (χ4n) is 4.48. The smallest absolute Gasteiger partial charge is 0.338 e. The Balaban J connectivity index is 1.78. The molecule has 0 fully saturated rings. The van der Waals surface area contributed by atoms with Crippen LogP contribution < -0.4 is 4.74 Å². The van der Waals surface area contributed by atoms with Crippen molar-refractivity contribution < 1.29 is 28.6 Å². The first-order valence-electron chi connectivity index (χ1n) is 14.0. The van der Waals surface area contributed by atoms with E-state index in [9.17, 15) is 14.7 Å². The van der Waals surface area contributed by atoms with Crippen LogP contribution in [0.2, 0.25) is 0 Å². The topological polar surface area (TPSA) is 72.8 Å². The van der Waals surface area contributed by atoms with Crippen LogP contribution in [0.25, 0.3) is 11.1 Å². The molecule has 0 bridgehead atoms. The summed E-state index contributed by atoms with van der Waals surface area (Å²) in [7, 11) is 0. The SMILES string of the molecule is C=C(C)C(=O)OCCCc1ccc(CCc2ccc(-c3ccc(CCO)cc3CC)c(OC(=O)C(=C)C)c2F)cc1. The van der Waals surface area contributed by atoms with Crippen molar-refractivity contribution in [3.63, 3.8) is 0 Å². The van der Waals surface area contributed by atoms with Crippen LogP contribution in [-0.2, 0) is 46.4 Å². The van der Waals surface area contributed by atoms with Crippen molar-refractivity contribution in [3.05, 3.63) is 113 Å². The highest BCUT2D eigenvalue weighted by Gasteiger charge is 2.21. The van der Waals surface area contributed by atoms with Crippen molar-refractivity contribution in [2.75, 3.05) is 13.2 Å². The largest absolute Gasteiger partial charge is 0.462 e. The van der Waals surface area contributed by atoms with Gasteiger partial charge in [-0.1, -0.05) is 74.7 Å². The maximum Gasteiger partial charge on any atom is 0.338 e. The van der Waals surface area contributed by atoms with Crippen molar-refractivity contribution in [2.24, 2.45) is 0 Å². The van der Waals surface area contributed by atoms with Crippen molar-refractivity contribution in [2.45, 2.75) is 59.3 Å². The van der Waals surface area contributed by atoms with E-state index in [1.807, 2.05) is 55.5 Å². The maximum absolute atomic E-state index is 15.9. The van der Waals surface area contributed by atoms with E-state index in [0.717, 1.165) is 34.2 Å². The van der Waals surface area contributed by atoms with Crippen molar-refractivity contribution >= 4 is 11.9 Å². The molecular weight excluding hydrogens is 519 g/mol. The average molecular weight is 559 g/mol. The van der Waals surface area contributed by atoms with Crippen LogP contribution in [0.15, 0.2) is 78.9 Å². The summed E-state index contributed by atoms with van der Waals surface area (Å²) in [6.45, 7) is 12.8. The number of aryl methyl sites for hydroxylation is 4. The summed E-state index contributed by atoms with van der Waals surface area (Å²) in [6, 6.07) is 17.5. The number of benzene rings is 3. The Hall–Kier alpha value is -4.03. The second kappa shape index (κ2) is 15.1. The highest BCUT2D eigenvalue weighted by atomic mass is 19.1. The third kappa shape index (κ3) is 8.73.